The summed E-state index contributed by atoms with van der Waals surface area (Å²) in [5.74, 6) is 1.04. The molecule has 0 aromatic heterocycles. The van der Waals surface area contributed by atoms with Gasteiger partial charge < -0.3 is 19.1 Å². The zero-order valence-corrected chi connectivity index (χ0v) is 23.0. The van der Waals surface area contributed by atoms with Crippen LogP contribution >= 0.6 is 0 Å². The van der Waals surface area contributed by atoms with Gasteiger partial charge in [-0.3, -0.25) is 14.4 Å². The highest BCUT2D eigenvalue weighted by molar-refractivity contribution is 6.23. The molecule has 204 valence electrons. The van der Waals surface area contributed by atoms with E-state index in [2.05, 4.69) is 13.8 Å². The summed E-state index contributed by atoms with van der Waals surface area (Å²) >= 11 is 0. The number of methoxy groups -OCH3 is 3. The predicted octanol–water partition coefficient (Wildman–Crippen LogP) is 4.85. The SMILES string of the molecule is COc1ccc(C(=O)N(CCc2ccc(OC)c(OC)c2)C2CC(=O)N(c3ccc(C(C)C)cc3)C2=O)cc1. The summed E-state index contributed by atoms with van der Waals surface area (Å²) in [6, 6.07) is 18.8. The fourth-order valence-corrected chi connectivity index (χ4v) is 4.72. The number of hydrogen-bond donors (Lipinski definition) is 0. The van der Waals surface area contributed by atoms with Gasteiger partial charge in [0, 0.05) is 12.1 Å². The van der Waals surface area contributed by atoms with Crippen LogP contribution in [0.5, 0.6) is 17.2 Å². The van der Waals surface area contributed by atoms with Crippen LogP contribution in [0.4, 0.5) is 5.69 Å². The zero-order valence-electron chi connectivity index (χ0n) is 23.0. The second-order valence-electron chi connectivity index (χ2n) is 9.70. The van der Waals surface area contributed by atoms with E-state index >= 15 is 0 Å². The Kier molecular flexibility index (Phi) is 8.54. The van der Waals surface area contributed by atoms with Crippen molar-refractivity contribution < 1.29 is 28.6 Å². The molecule has 4 rings (SSSR count). The molecular formula is C31H34N2O6. The van der Waals surface area contributed by atoms with Crippen LogP contribution < -0.4 is 19.1 Å². The Morgan fingerprint density at radius 1 is 0.897 bits per heavy atom. The average Bonchev–Trinajstić information content (AvgIpc) is 3.25. The monoisotopic (exact) mass is 530 g/mol. The molecule has 0 aliphatic carbocycles. The van der Waals surface area contributed by atoms with Crippen LogP contribution in [0.15, 0.2) is 66.7 Å². The van der Waals surface area contributed by atoms with Crippen molar-refractivity contribution in [1.29, 1.82) is 0 Å². The number of hydrogen-bond acceptors (Lipinski definition) is 6. The first-order valence-electron chi connectivity index (χ1n) is 12.9. The second kappa shape index (κ2) is 12.0. The average molecular weight is 531 g/mol. The number of ether oxygens (including phenoxy) is 3. The molecule has 0 saturated carbocycles. The first kappa shape index (κ1) is 27.7. The van der Waals surface area contributed by atoms with Gasteiger partial charge in [-0.05, 0) is 72.0 Å². The highest BCUT2D eigenvalue weighted by Gasteiger charge is 2.44. The van der Waals surface area contributed by atoms with E-state index in [1.54, 1.807) is 63.8 Å². The van der Waals surface area contributed by atoms with E-state index in [1.165, 1.54) is 9.80 Å². The van der Waals surface area contributed by atoms with Crippen molar-refractivity contribution in [2.45, 2.75) is 38.6 Å². The minimum atomic E-state index is -0.919. The topological polar surface area (TPSA) is 85.4 Å². The zero-order chi connectivity index (χ0) is 28.1. The molecule has 3 aromatic rings. The Hall–Kier alpha value is -4.33. The van der Waals surface area contributed by atoms with Gasteiger partial charge in [-0.1, -0.05) is 32.0 Å². The van der Waals surface area contributed by atoms with Gasteiger partial charge in [-0.15, -0.1) is 0 Å². The van der Waals surface area contributed by atoms with Gasteiger partial charge in [-0.25, -0.2) is 4.90 Å². The number of carbonyl (C=O) groups is 3. The van der Waals surface area contributed by atoms with E-state index in [0.717, 1.165) is 11.1 Å². The van der Waals surface area contributed by atoms with Crippen LogP contribution in [0.1, 0.15) is 47.7 Å². The first-order valence-corrected chi connectivity index (χ1v) is 12.9. The molecule has 0 spiro atoms. The van der Waals surface area contributed by atoms with Crippen LogP contribution in [-0.4, -0.2) is 56.5 Å². The van der Waals surface area contributed by atoms with Crippen molar-refractivity contribution in [1.82, 2.24) is 4.90 Å². The van der Waals surface area contributed by atoms with E-state index in [4.69, 9.17) is 14.2 Å². The van der Waals surface area contributed by atoms with Crippen molar-refractivity contribution >= 4 is 23.4 Å². The van der Waals surface area contributed by atoms with Gasteiger partial charge in [0.15, 0.2) is 11.5 Å². The van der Waals surface area contributed by atoms with E-state index in [1.807, 2.05) is 24.3 Å². The molecule has 1 heterocycles. The molecule has 0 radical (unpaired) electrons. The summed E-state index contributed by atoms with van der Waals surface area (Å²) in [6.45, 7) is 4.39. The summed E-state index contributed by atoms with van der Waals surface area (Å²) in [7, 11) is 4.68. The van der Waals surface area contributed by atoms with Crippen molar-refractivity contribution in [3.05, 3.63) is 83.4 Å². The second-order valence-corrected chi connectivity index (χ2v) is 9.70. The number of anilines is 1. The Bertz CT molecular complexity index is 1330. The van der Waals surface area contributed by atoms with E-state index in [0.29, 0.717) is 40.8 Å². The highest BCUT2D eigenvalue weighted by Crippen LogP contribution is 2.30. The third kappa shape index (κ3) is 5.90. The van der Waals surface area contributed by atoms with Gasteiger partial charge in [0.25, 0.3) is 11.8 Å². The molecule has 3 aromatic carbocycles. The van der Waals surface area contributed by atoms with Crippen molar-refractivity contribution in [3.63, 3.8) is 0 Å². The van der Waals surface area contributed by atoms with Gasteiger partial charge in [-0.2, -0.15) is 0 Å². The molecule has 8 nitrogen and oxygen atoms in total. The lowest BCUT2D eigenvalue weighted by molar-refractivity contribution is -0.122. The molecule has 0 N–H and O–H groups in total. The molecule has 1 fully saturated rings. The number of amides is 3. The summed E-state index contributed by atoms with van der Waals surface area (Å²) in [4.78, 5) is 43.2. The molecular weight excluding hydrogens is 496 g/mol. The molecule has 1 aliphatic rings. The standard InChI is InChI=1S/C31H34N2O6/c1-20(2)22-7-11-24(12-8-22)33-29(34)19-26(31(33)36)32(30(35)23-9-13-25(37-3)14-10-23)17-16-21-6-15-27(38-4)28(18-21)39-5/h6-15,18,20,26H,16-17,19H2,1-5H3. The fourth-order valence-electron chi connectivity index (χ4n) is 4.72. The van der Waals surface area contributed by atoms with Crippen molar-refractivity contribution in [2.24, 2.45) is 0 Å². The highest BCUT2D eigenvalue weighted by atomic mass is 16.5. The summed E-state index contributed by atoms with van der Waals surface area (Å²) in [5, 5.41) is 0. The van der Waals surface area contributed by atoms with E-state index < -0.39 is 11.9 Å². The minimum Gasteiger partial charge on any atom is -0.497 e. The maximum atomic E-state index is 13.7. The van der Waals surface area contributed by atoms with Crippen LogP contribution in [0.3, 0.4) is 0 Å². The van der Waals surface area contributed by atoms with Gasteiger partial charge in [0.2, 0.25) is 5.91 Å². The Balaban J connectivity index is 1.63. The predicted molar refractivity (Wildman–Crippen MR) is 149 cm³/mol. The molecule has 1 unspecified atom stereocenters. The number of benzene rings is 3. The van der Waals surface area contributed by atoms with Crippen LogP contribution in [0, 0.1) is 0 Å². The number of imide groups is 1. The van der Waals surface area contributed by atoms with Gasteiger partial charge in [0.1, 0.15) is 11.8 Å². The molecule has 39 heavy (non-hydrogen) atoms. The Labute approximate surface area is 229 Å². The lowest BCUT2D eigenvalue weighted by atomic mass is 10.0. The third-order valence-electron chi connectivity index (χ3n) is 7.00. The molecule has 8 heteroatoms. The van der Waals surface area contributed by atoms with E-state index in [-0.39, 0.29) is 24.8 Å². The molecule has 3 amide bonds. The molecule has 1 atom stereocenters. The molecule has 0 bridgehead atoms. The quantitative estimate of drug-likeness (QED) is 0.348. The lowest BCUT2D eigenvalue weighted by Crippen LogP contribution is -2.46. The van der Waals surface area contributed by atoms with Gasteiger partial charge in [0.05, 0.1) is 33.4 Å². The van der Waals surface area contributed by atoms with E-state index in [9.17, 15) is 14.4 Å². The van der Waals surface area contributed by atoms with Gasteiger partial charge >= 0.3 is 0 Å². The third-order valence-corrected chi connectivity index (χ3v) is 7.00. The first-order chi connectivity index (χ1) is 18.8. The number of rotatable bonds is 10. The maximum absolute atomic E-state index is 13.7. The number of carbonyl (C=O) groups excluding carboxylic acids is 3. The summed E-state index contributed by atoms with van der Waals surface area (Å²) in [6.07, 6.45) is 0.363. The minimum absolute atomic E-state index is 0.0847. The molecule has 1 saturated heterocycles. The smallest absolute Gasteiger partial charge is 0.257 e. The summed E-state index contributed by atoms with van der Waals surface area (Å²) in [5.41, 5.74) is 2.93. The van der Waals surface area contributed by atoms with Crippen molar-refractivity contribution in [3.8, 4) is 17.2 Å². The molecule has 1 aliphatic heterocycles. The lowest BCUT2D eigenvalue weighted by Gasteiger charge is -2.28. The Morgan fingerprint density at radius 3 is 2.15 bits per heavy atom. The Morgan fingerprint density at radius 2 is 1.56 bits per heavy atom. The van der Waals surface area contributed by atoms with Crippen molar-refractivity contribution in [2.75, 3.05) is 32.8 Å². The van der Waals surface area contributed by atoms with Crippen LogP contribution in [0.25, 0.3) is 0 Å². The fraction of sp³-hybridized carbons (Fsp3) is 0.323. The maximum Gasteiger partial charge on any atom is 0.257 e. The van der Waals surface area contributed by atoms with Crippen LogP contribution in [-0.2, 0) is 16.0 Å². The number of nitrogens with zero attached hydrogens (tertiary/aromatic N) is 2. The largest absolute Gasteiger partial charge is 0.497 e. The van der Waals surface area contributed by atoms with Crippen LogP contribution in [0.2, 0.25) is 0 Å². The normalized spacial score (nSPS) is 15.0. The summed E-state index contributed by atoms with van der Waals surface area (Å²) < 4.78 is 16.0.